The Morgan fingerprint density at radius 3 is 2.36 bits per heavy atom. The van der Waals surface area contributed by atoms with Crippen LogP contribution in [0.3, 0.4) is 0 Å². The van der Waals surface area contributed by atoms with Gasteiger partial charge in [-0.05, 0) is 73.2 Å². The Balaban J connectivity index is 1.36. The van der Waals surface area contributed by atoms with E-state index in [0.717, 1.165) is 6.42 Å². The van der Waals surface area contributed by atoms with Gasteiger partial charge in [0, 0.05) is 10.6 Å². The second-order valence-corrected chi connectivity index (χ2v) is 10.2. The maximum absolute atomic E-state index is 13.9. The molecule has 2 amide bonds. The lowest BCUT2D eigenvalue weighted by atomic mass is 9.94. The van der Waals surface area contributed by atoms with Crippen molar-refractivity contribution in [1.29, 1.82) is 0 Å². The molecule has 9 heteroatoms. The van der Waals surface area contributed by atoms with Crippen LogP contribution in [0.1, 0.15) is 25.1 Å². The van der Waals surface area contributed by atoms with Crippen molar-refractivity contribution in [3.63, 3.8) is 0 Å². The second kappa shape index (κ2) is 10.4. The van der Waals surface area contributed by atoms with E-state index < -0.39 is 24.0 Å². The molecule has 39 heavy (non-hydrogen) atoms. The third kappa shape index (κ3) is 4.56. The maximum atomic E-state index is 13.9. The highest BCUT2D eigenvalue weighted by Gasteiger charge is 2.61. The van der Waals surface area contributed by atoms with Gasteiger partial charge < -0.3 is 9.15 Å². The van der Waals surface area contributed by atoms with Crippen LogP contribution in [-0.2, 0) is 14.4 Å². The Kier molecular flexibility index (Phi) is 6.81. The number of furan rings is 1. The molecule has 0 N–H and O–H groups in total. The first-order chi connectivity index (χ1) is 19.0. The van der Waals surface area contributed by atoms with Gasteiger partial charge in [0.1, 0.15) is 29.2 Å². The SMILES string of the molecule is CCCOc1ccc(N2C(=O)[C@@H]3[C@@H](c4ccc(-c5ccc(Cl)cc5Cl)o4)N(c4ccccc4)O[C@H]3C2=O)cc1. The standard InChI is InChI=1S/C30H24Cl2N2O5/c1-2-16-37-21-11-9-19(10-12-21)33-29(35)26-27(34(39-28(26)30(33)36)20-6-4-3-5-7-20)25-15-14-24(38-25)22-13-8-18(31)17-23(22)32/h3-15,17,26-28H,2,16H2,1H3/t26-,27-,28-/m1/s1. The van der Waals surface area contributed by atoms with Crippen LogP contribution in [0, 0.1) is 5.92 Å². The molecule has 1 aromatic heterocycles. The molecule has 0 unspecified atom stereocenters. The lowest BCUT2D eigenvalue weighted by Gasteiger charge is -2.27. The molecule has 0 radical (unpaired) electrons. The van der Waals surface area contributed by atoms with Gasteiger partial charge in [-0.3, -0.25) is 14.4 Å². The number of hydrogen-bond acceptors (Lipinski definition) is 6. The number of para-hydroxylation sites is 1. The van der Waals surface area contributed by atoms with E-state index in [9.17, 15) is 9.59 Å². The average molecular weight is 563 g/mol. The first-order valence-corrected chi connectivity index (χ1v) is 13.4. The molecule has 2 fully saturated rings. The molecule has 3 heterocycles. The number of hydrogen-bond donors (Lipinski definition) is 0. The third-order valence-corrected chi connectivity index (χ3v) is 7.36. The Labute approximate surface area is 235 Å². The van der Waals surface area contributed by atoms with E-state index in [1.807, 2.05) is 37.3 Å². The predicted molar refractivity (Wildman–Crippen MR) is 149 cm³/mol. The monoisotopic (exact) mass is 562 g/mol. The highest BCUT2D eigenvalue weighted by Crippen LogP contribution is 2.48. The number of fused-ring (bicyclic) bond motifs is 1. The fourth-order valence-corrected chi connectivity index (χ4v) is 5.52. The molecule has 0 bridgehead atoms. The lowest BCUT2D eigenvalue weighted by molar-refractivity contribution is -0.126. The van der Waals surface area contributed by atoms with Gasteiger partial charge in [-0.1, -0.05) is 48.3 Å². The molecular weight excluding hydrogens is 539 g/mol. The number of imide groups is 1. The van der Waals surface area contributed by atoms with Gasteiger partial charge in [-0.25, -0.2) is 9.96 Å². The minimum atomic E-state index is -1.01. The van der Waals surface area contributed by atoms with Crippen LogP contribution in [0.2, 0.25) is 10.0 Å². The number of nitrogens with zero attached hydrogens (tertiary/aromatic N) is 2. The number of halogens is 2. The van der Waals surface area contributed by atoms with Crippen LogP contribution in [-0.4, -0.2) is 24.5 Å². The van der Waals surface area contributed by atoms with E-state index in [1.54, 1.807) is 59.7 Å². The number of amides is 2. The van der Waals surface area contributed by atoms with Crippen LogP contribution in [0.15, 0.2) is 89.3 Å². The molecular formula is C30H24Cl2N2O5. The fraction of sp³-hybridized carbons (Fsp3) is 0.200. The smallest absolute Gasteiger partial charge is 0.266 e. The van der Waals surface area contributed by atoms with Crippen molar-refractivity contribution < 1.29 is 23.6 Å². The Morgan fingerprint density at radius 1 is 0.872 bits per heavy atom. The summed E-state index contributed by atoms with van der Waals surface area (Å²) < 4.78 is 11.9. The van der Waals surface area contributed by atoms with E-state index in [0.29, 0.717) is 50.9 Å². The summed E-state index contributed by atoms with van der Waals surface area (Å²) in [6.45, 7) is 2.61. The number of ether oxygens (including phenoxy) is 1. The Bertz CT molecular complexity index is 1520. The predicted octanol–water partition coefficient (Wildman–Crippen LogP) is 7.09. The van der Waals surface area contributed by atoms with Gasteiger partial charge >= 0.3 is 0 Å². The number of hydroxylamine groups is 1. The molecule has 6 rings (SSSR count). The van der Waals surface area contributed by atoms with Crippen LogP contribution in [0.4, 0.5) is 11.4 Å². The molecule has 3 aromatic carbocycles. The van der Waals surface area contributed by atoms with Gasteiger partial charge in [-0.2, -0.15) is 0 Å². The maximum Gasteiger partial charge on any atom is 0.266 e. The third-order valence-electron chi connectivity index (χ3n) is 6.81. The normalized spacial score (nSPS) is 20.5. The summed E-state index contributed by atoms with van der Waals surface area (Å²) in [5.74, 6) is 0.0427. The molecule has 198 valence electrons. The second-order valence-electron chi connectivity index (χ2n) is 9.34. The zero-order valence-corrected chi connectivity index (χ0v) is 22.4. The van der Waals surface area contributed by atoms with Crippen LogP contribution in [0.25, 0.3) is 11.3 Å². The first-order valence-electron chi connectivity index (χ1n) is 12.6. The van der Waals surface area contributed by atoms with Crippen molar-refractivity contribution in [2.75, 3.05) is 16.6 Å². The lowest BCUT2D eigenvalue weighted by Crippen LogP contribution is -2.37. The molecule has 4 aromatic rings. The number of carbonyl (C=O) groups is 2. The molecule has 2 aliphatic rings. The summed E-state index contributed by atoms with van der Waals surface area (Å²) in [6.07, 6.45) is -0.129. The largest absolute Gasteiger partial charge is 0.494 e. The van der Waals surface area contributed by atoms with Crippen LogP contribution in [0.5, 0.6) is 5.75 Å². The Hall–Kier alpha value is -3.78. The van der Waals surface area contributed by atoms with E-state index in [-0.39, 0.29) is 5.91 Å². The molecule has 2 aliphatic heterocycles. The zero-order valence-electron chi connectivity index (χ0n) is 20.9. The fourth-order valence-electron chi connectivity index (χ4n) is 5.01. The summed E-state index contributed by atoms with van der Waals surface area (Å²) in [5, 5.41) is 2.54. The van der Waals surface area contributed by atoms with Gasteiger partial charge in [0.25, 0.3) is 5.91 Å². The summed E-state index contributed by atoms with van der Waals surface area (Å²) in [7, 11) is 0. The number of benzene rings is 3. The minimum absolute atomic E-state index is 0.363. The number of carbonyl (C=O) groups excluding carboxylic acids is 2. The number of rotatable bonds is 7. The molecule has 0 aliphatic carbocycles. The molecule has 2 saturated heterocycles. The molecule has 0 spiro atoms. The summed E-state index contributed by atoms with van der Waals surface area (Å²) in [5.41, 5.74) is 1.82. The highest BCUT2D eigenvalue weighted by molar-refractivity contribution is 6.36. The van der Waals surface area contributed by atoms with Crippen molar-refractivity contribution in [1.82, 2.24) is 0 Å². The summed E-state index contributed by atoms with van der Waals surface area (Å²) >= 11 is 12.5. The van der Waals surface area contributed by atoms with Crippen molar-refractivity contribution in [3.8, 4) is 17.1 Å². The van der Waals surface area contributed by atoms with Crippen molar-refractivity contribution in [2.24, 2.45) is 5.92 Å². The first kappa shape index (κ1) is 25.5. The van der Waals surface area contributed by atoms with E-state index >= 15 is 0 Å². The van der Waals surface area contributed by atoms with Crippen molar-refractivity contribution in [3.05, 3.63) is 101 Å². The summed E-state index contributed by atoms with van der Waals surface area (Å²) in [4.78, 5) is 34.8. The average Bonchev–Trinajstić information content (AvgIpc) is 3.63. The number of anilines is 2. The molecule has 0 saturated carbocycles. The Morgan fingerprint density at radius 2 is 1.64 bits per heavy atom. The van der Waals surface area contributed by atoms with E-state index in [4.69, 9.17) is 37.2 Å². The quantitative estimate of drug-likeness (QED) is 0.224. The van der Waals surface area contributed by atoms with Crippen LogP contribution >= 0.6 is 23.2 Å². The van der Waals surface area contributed by atoms with Crippen LogP contribution < -0.4 is 14.7 Å². The van der Waals surface area contributed by atoms with Gasteiger partial charge in [0.05, 0.1) is 23.0 Å². The van der Waals surface area contributed by atoms with Crippen molar-refractivity contribution >= 4 is 46.4 Å². The topological polar surface area (TPSA) is 72.2 Å². The zero-order chi connectivity index (χ0) is 27.1. The summed E-state index contributed by atoms with van der Waals surface area (Å²) in [6, 6.07) is 24.3. The van der Waals surface area contributed by atoms with Gasteiger partial charge in [0.2, 0.25) is 5.91 Å². The van der Waals surface area contributed by atoms with Crippen molar-refractivity contribution in [2.45, 2.75) is 25.5 Å². The van der Waals surface area contributed by atoms with E-state index in [1.165, 1.54) is 4.90 Å². The minimum Gasteiger partial charge on any atom is -0.494 e. The van der Waals surface area contributed by atoms with E-state index in [2.05, 4.69) is 0 Å². The van der Waals surface area contributed by atoms with Gasteiger partial charge in [-0.15, -0.1) is 0 Å². The molecule has 3 atom stereocenters. The van der Waals surface area contributed by atoms with Gasteiger partial charge in [0.15, 0.2) is 6.10 Å². The molecule has 7 nitrogen and oxygen atoms in total. The highest BCUT2D eigenvalue weighted by atomic mass is 35.5.